The zero-order valence-electron chi connectivity index (χ0n) is 19.9. The average Bonchev–Trinajstić information content (AvgIpc) is 2.81. The van der Waals surface area contributed by atoms with Crippen LogP contribution >= 0.6 is 0 Å². The van der Waals surface area contributed by atoms with Crippen LogP contribution in [0, 0.1) is 11.8 Å². The lowest BCUT2D eigenvalue weighted by atomic mass is 9.91. The molecule has 35 heavy (non-hydrogen) atoms. The number of likely N-dealkylation sites (tertiary alicyclic amines) is 1. The van der Waals surface area contributed by atoms with Gasteiger partial charge in [-0.2, -0.15) is 4.39 Å². The maximum Gasteiger partial charge on any atom is 0.254 e. The molecule has 1 atom stereocenters. The smallest absolute Gasteiger partial charge is 0.254 e. The van der Waals surface area contributed by atoms with E-state index in [2.05, 4.69) is 25.2 Å². The lowest BCUT2D eigenvalue weighted by Crippen LogP contribution is -2.56. The second kappa shape index (κ2) is 9.91. The van der Waals surface area contributed by atoms with Crippen molar-refractivity contribution in [1.29, 1.82) is 0 Å². The van der Waals surface area contributed by atoms with Crippen molar-refractivity contribution in [3.05, 3.63) is 53.9 Å². The lowest BCUT2D eigenvalue weighted by molar-refractivity contribution is 0.0834. The van der Waals surface area contributed by atoms with Gasteiger partial charge in [0.25, 0.3) is 5.91 Å². The van der Waals surface area contributed by atoms with Crippen LogP contribution in [-0.4, -0.2) is 58.0 Å². The molecule has 0 spiro atoms. The van der Waals surface area contributed by atoms with Gasteiger partial charge in [0.15, 0.2) is 5.82 Å². The van der Waals surface area contributed by atoms with Crippen molar-refractivity contribution < 1.29 is 18.3 Å². The molecule has 1 saturated heterocycles. The first-order chi connectivity index (χ1) is 16.7. The highest BCUT2D eigenvalue weighted by Gasteiger charge is 2.33. The van der Waals surface area contributed by atoms with Crippen LogP contribution in [0.4, 0.5) is 14.5 Å². The number of nitrogens with zero attached hydrogens (tertiary/aromatic N) is 4. The number of piperidine rings is 1. The summed E-state index contributed by atoms with van der Waals surface area (Å²) >= 11 is 0. The molecular weight excluding hydrogens is 454 g/mol. The highest BCUT2D eigenvalue weighted by Crippen LogP contribution is 2.29. The maximum absolute atomic E-state index is 15.7. The minimum Gasteiger partial charge on any atom is -0.478 e. The first-order valence-corrected chi connectivity index (χ1v) is 11.4. The standard InChI is InChI=1S/C25H28F2N6O2/c1-4-35-20-9-6-15(13-29-20)19-12-16(24(34)32-25(2)10-5-11-33(3)14-25)21(26)22(30-19)18-8-7-17(28)23(27)31-18/h6-9,12-13H,4-5,10-11,14,28H2,1-3H3,(H,32,34)/t25-/m0/s1. The van der Waals surface area contributed by atoms with Gasteiger partial charge in [-0.25, -0.2) is 19.3 Å². The molecule has 0 radical (unpaired) electrons. The Balaban J connectivity index is 1.79. The zero-order chi connectivity index (χ0) is 25.2. The van der Waals surface area contributed by atoms with Gasteiger partial charge in [-0.05, 0) is 64.5 Å². The SMILES string of the molecule is CCOc1ccc(-c2cc(C(=O)N[C@@]3(C)CCCN(C)C3)c(F)c(-c3ccc(N)c(F)n3)n2)cn1. The number of halogens is 2. The van der Waals surface area contributed by atoms with Crippen LogP contribution in [0.2, 0.25) is 0 Å². The van der Waals surface area contributed by atoms with Gasteiger partial charge in [0, 0.05) is 24.4 Å². The second-order valence-electron chi connectivity index (χ2n) is 8.97. The Hall–Kier alpha value is -3.66. The normalized spacial score (nSPS) is 18.3. The molecule has 0 unspecified atom stereocenters. The largest absolute Gasteiger partial charge is 0.478 e. The molecule has 0 aromatic carbocycles. The molecule has 4 heterocycles. The Kier molecular flexibility index (Phi) is 6.93. The average molecular weight is 483 g/mol. The second-order valence-corrected chi connectivity index (χ2v) is 8.97. The number of carbonyl (C=O) groups is 1. The lowest BCUT2D eigenvalue weighted by Gasteiger charge is -2.39. The third-order valence-electron chi connectivity index (χ3n) is 5.95. The molecule has 3 aromatic rings. The van der Waals surface area contributed by atoms with Crippen molar-refractivity contribution in [2.24, 2.45) is 0 Å². The maximum atomic E-state index is 15.7. The van der Waals surface area contributed by atoms with Gasteiger partial charge in [0.1, 0.15) is 5.69 Å². The molecule has 184 valence electrons. The molecule has 0 aliphatic carbocycles. The van der Waals surface area contributed by atoms with Crippen molar-refractivity contribution in [2.45, 2.75) is 32.2 Å². The number of rotatable bonds is 6. The van der Waals surface area contributed by atoms with E-state index in [4.69, 9.17) is 10.5 Å². The molecule has 3 aromatic heterocycles. The number of ether oxygens (including phenoxy) is 1. The van der Waals surface area contributed by atoms with E-state index in [1.165, 1.54) is 24.4 Å². The van der Waals surface area contributed by atoms with Gasteiger partial charge < -0.3 is 20.7 Å². The molecule has 1 aliphatic heterocycles. The monoisotopic (exact) mass is 482 g/mol. The van der Waals surface area contributed by atoms with Gasteiger partial charge in [-0.1, -0.05) is 0 Å². The summed E-state index contributed by atoms with van der Waals surface area (Å²) in [6, 6.07) is 7.38. The van der Waals surface area contributed by atoms with E-state index in [-0.39, 0.29) is 28.3 Å². The number of nitrogens with two attached hydrogens (primary N) is 1. The fourth-order valence-electron chi connectivity index (χ4n) is 4.29. The third kappa shape index (κ3) is 5.37. The van der Waals surface area contributed by atoms with Crippen LogP contribution in [0.1, 0.15) is 37.0 Å². The van der Waals surface area contributed by atoms with E-state index in [0.29, 0.717) is 24.6 Å². The van der Waals surface area contributed by atoms with Gasteiger partial charge in [0.05, 0.1) is 34.8 Å². The van der Waals surface area contributed by atoms with Gasteiger partial charge in [-0.15, -0.1) is 0 Å². The third-order valence-corrected chi connectivity index (χ3v) is 5.95. The number of nitrogen functional groups attached to an aromatic ring is 1. The molecular formula is C25H28F2N6O2. The minimum absolute atomic E-state index is 0.0763. The summed E-state index contributed by atoms with van der Waals surface area (Å²) in [5.74, 6) is -2.00. The number of hydrogen-bond acceptors (Lipinski definition) is 7. The predicted molar refractivity (Wildman–Crippen MR) is 129 cm³/mol. The molecule has 1 amide bonds. The van der Waals surface area contributed by atoms with Crippen LogP contribution in [0.15, 0.2) is 36.5 Å². The summed E-state index contributed by atoms with van der Waals surface area (Å²) in [6.07, 6.45) is 3.20. The number of likely N-dealkylation sites (N-methyl/N-ethyl adjacent to an activating group) is 1. The van der Waals surface area contributed by atoms with E-state index >= 15 is 4.39 Å². The number of pyridine rings is 3. The quantitative estimate of drug-likeness (QED) is 0.516. The predicted octanol–water partition coefficient (Wildman–Crippen LogP) is 3.68. The van der Waals surface area contributed by atoms with Crippen molar-refractivity contribution in [3.63, 3.8) is 0 Å². The highest BCUT2D eigenvalue weighted by molar-refractivity contribution is 5.97. The Morgan fingerprint density at radius 1 is 1.23 bits per heavy atom. The Morgan fingerprint density at radius 2 is 2.03 bits per heavy atom. The number of carbonyl (C=O) groups excluding carboxylic acids is 1. The van der Waals surface area contributed by atoms with Crippen LogP contribution in [0.3, 0.4) is 0 Å². The van der Waals surface area contributed by atoms with Crippen LogP contribution < -0.4 is 15.8 Å². The molecule has 0 saturated carbocycles. The summed E-state index contributed by atoms with van der Waals surface area (Å²) in [4.78, 5) is 27.8. The van der Waals surface area contributed by atoms with E-state index in [1.54, 1.807) is 12.1 Å². The Morgan fingerprint density at radius 3 is 2.69 bits per heavy atom. The van der Waals surface area contributed by atoms with E-state index in [0.717, 1.165) is 19.4 Å². The zero-order valence-corrected chi connectivity index (χ0v) is 19.9. The van der Waals surface area contributed by atoms with Crippen molar-refractivity contribution >= 4 is 11.6 Å². The van der Waals surface area contributed by atoms with E-state index < -0.39 is 23.2 Å². The number of hydrogen-bond donors (Lipinski definition) is 2. The summed E-state index contributed by atoms with van der Waals surface area (Å²) in [7, 11) is 1.98. The van der Waals surface area contributed by atoms with E-state index in [1.807, 2.05) is 20.9 Å². The first-order valence-electron chi connectivity index (χ1n) is 11.4. The number of anilines is 1. The topological polar surface area (TPSA) is 106 Å². The molecule has 3 N–H and O–H groups in total. The molecule has 1 aliphatic rings. The summed E-state index contributed by atoms with van der Waals surface area (Å²) < 4.78 is 35.2. The van der Waals surface area contributed by atoms with Gasteiger partial charge in [0.2, 0.25) is 11.8 Å². The van der Waals surface area contributed by atoms with Crippen LogP contribution in [-0.2, 0) is 0 Å². The van der Waals surface area contributed by atoms with E-state index in [9.17, 15) is 9.18 Å². The molecule has 10 heteroatoms. The first kappa shape index (κ1) is 24.5. The fourth-order valence-corrected chi connectivity index (χ4v) is 4.29. The van der Waals surface area contributed by atoms with Crippen LogP contribution in [0.5, 0.6) is 5.88 Å². The number of nitrogens with one attached hydrogen (secondary N) is 1. The molecule has 0 bridgehead atoms. The molecule has 1 fully saturated rings. The van der Waals surface area contributed by atoms with Crippen molar-refractivity contribution in [2.75, 3.05) is 32.5 Å². The van der Waals surface area contributed by atoms with Gasteiger partial charge >= 0.3 is 0 Å². The fraction of sp³-hybridized carbons (Fsp3) is 0.360. The number of amides is 1. The Labute approximate surface area is 202 Å². The minimum atomic E-state index is -0.944. The van der Waals surface area contributed by atoms with Crippen molar-refractivity contribution in [1.82, 2.24) is 25.2 Å². The highest BCUT2D eigenvalue weighted by atomic mass is 19.1. The Bertz CT molecular complexity index is 1240. The molecule has 4 rings (SSSR count). The van der Waals surface area contributed by atoms with Crippen LogP contribution in [0.25, 0.3) is 22.6 Å². The van der Waals surface area contributed by atoms with Crippen molar-refractivity contribution in [3.8, 4) is 28.5 Å². The molecule has 8 nitrogen and oxygen atoms in total. The summed E-state index contributed by atoms with van der Waals surface area (Å²) in [5.41, 5.74) is 5.10. The number of aromatic nitrogens is 3. The van der Waals surface area contributed by atoms with Gasteiger partial charge in [-0.3, -0.25) is 4.79 Å². The summed E-state index contributed by atoms with van der Waals surface area (Å²) in [6.45, 7) is 5.81. The summed E-state index contributed by atoms with van der Waals surface area (Å²) in [5, 5.41) is 2.99.